The Hall–Kier alpha value is -2.28. The van der Waals surface area contributed by atoms with Crippen molar-refractivity contribution >= 4 is 5.69 Å². The zero-order valence-corrected chi connectivity index (χ0v) is 10.7. The molecular weight excluding hydrogens is 224 g/mol. The Kier molecular flexibility index (Phi) is 3.63. The molecule has 18 heavy (non-hydrogen) atoms. The van der Waals surface area contributed by atoms with Crippen LogP contribution in [-0.2, 0) is 13.5 Å². The quantitative estimate of drug-likeness (QED) is 0.820. The fourth-order valence-corrected chi connectivity index (χ4v) is 1.85. The molecule has 2 aromatic rings. The molecule has 1 aromatic heterocycles. The minimum absolute atomic E-state index is 0.691. The van der Waals surface area contributed by atoms with Crippen molar-refractivity contribution in [3.8, 4) is 6.07 Å². The lowest BCUT2D eigenvalue weighted by atomic mass is 10.2. The molecule has 4 heteroatoms. The molecule has 0 saturated carbocycles. The van der Waals surface area contributed by atoms with E-state index < -0.39 is 0 Å². The van der Waals surface area contributed by atoms with E-state index in [1.807, 2.05) is 55.3 Å². The molecule has 1 aromatic carbocycles. The predicted octanol–water partition coefficient (Wildman–Crippen LogP) is 1.97. The first-order valence-corrected chi connectivity index (χ1v) is 5.88. The number of nitriles is 1. The number of aryl methyl sites for hydroxylation is 1. The van der Waals surface area contributed by atoms with Crippen LogP contribution in [0.15, 0.2) is 36.7 Å². The number of hydrogen-bond acceptors (Lipinski definition) is 3. The molecule has 0 bridgehead atoms. The average molecular weight is 240 g/mol. The van der Waals surface area contributed by atoms with Crippen LogP contribution in [0.3, 0.4) is 0 Å². The topological polar surface area (TPSA) is 44.9 Å². The summed E-state index contributed by atoms with van der Waals surface area (Å²) in [4.78, 5) is 6.43. The summed E-state index contributed by atoms with van der Waals surface area (Å²) in [5, 5.41) is 8.88. The third kappa shape index (κ3) is 2.69. The van der Waals surface area contributed by atoms with Crippen LogP contribution < -0.4 is 4.90 Å². The van der Waals surface area contributed by atoms with Gasteiger partial charge in [-0.2, -0.15) is 5.26 Å². The standard InChI is InChI=1S/C14H16N4/c1-17(8-6-14-16-7-9-18(14)2)13-5-3-4-12(10-13)11-15/h3-5,7,9-10H,6,8H2,1-2H3. The lowest BCUT2D eigenvalue weighted by molar-refractivity contribution is 0.757. The Morgan fingerprint density at radius 1 is 1.44 bits per heavy atom. The largest absolute Gasteiger partial charge is 0.374 e. The van der Waals surface area contributed by atoms with Crippen molar-refractivity contribution in [2.24, 2.45) is 7.05 Å². The molecule has 0 aliphatic rings. The molecule has 92 valence electrons. The fourth-order valence-electron chi connectivity index (χ4n) is 1.85. The van der Waals surface area contributed by atoms with Crippen LogP contribution in [0.25, 0.3) is 0 Å². The molecule has 0 spiro atoms. The maximum Gasteiger partial charge on any atom is 0.110 e. The van der Waals surface area contributed by atoms with E-state index in [-0.39, 0.29) is 0 Å². The second-order valence-corrected chi connectivity index (χ2v) is 4.29. The van der Waals surface area contributed by atoms with Crippen LogP contribution in [0.4, 0.5) is 5.69 Å². The molecule has 0 aliphatic heterocycles. The highest BCUT2D eigenvalue weighted by atomic mass is 15.1. The molecule has 0 radical (unpaired) electrons. The van der Waals surface area contributed by atoms with Crippen molar-refractivity contribution in [3.05, 3.63) is 48.0 Å². The monoisotopic (exact) mass is 240 g/mol. The van der Waals surface area contributed by atoms with Crippen LogP contribution >= 0.6 is 0 Å². The Morgan fingerprint density at radius 3 is 2.94 bits per heavy atom. The van der Waals surface area contributed by atoms with E-state index in [1.54, 1.807) is 0 Å². The van der Waals surface area contributed by atoms with E-state index >= 15 is 0 Å². The fraction of sp³-hybridized carbons (Fsp3) is 0.286. The van der Waals surface area contributed by atoms with Crippen molar-refractivity contribution < 1.29 is 0 Å². The van der Waals surface area contributed by atoms with E-state index in [0.29, 0.717) is 5.56 Å². The first-order valence-electron chi connectivity index (χ1n) is 5.88. The molecule has 2 rings (SSSR count). The molecular formula is C14H16N4. The van der Waals surface area contributed by atoms with Crippen molar-refractivity contribution in [2.75, 3.05) is 18.5 Å². The molecule has 0 N–H and O–H groups in total. The molecule has 1 heterocycles. The van der Waals surface area contributed by atoms with Crippen LogP contribution in [0.1, 0.15) is 11.4 Å². The minimum Gasteiger partial charge on any atom is -0.374 e. The zero-order valence-electron chi connectivity index (χ0n) is 10.7. The van der Waals surface area contributed by atoms with Gasteiger partial charge < -0.3 is 9.47 Å². The van der Waals surface area contributed by atoms with Gasteiger partial charge in [-0.3, -0.25) is 0 Å². The molecule has 0 amide bonds. The summed E-state index contributed by atoms with van der Waals surface area (Å²) in [6.07, 6.45) is 4.65. The van der Waals surface area contributed by atoms with Gasteiger partial charge in [-0.05, 0) is 18.2 Å². The number of benzene rings is 1. The Bertz CT molecular complexity index is 565. The maximum absolute atomic E-state index is 8.88. The summed E-state index contributed by atoms with van der Waals surface area (Å²) in [5.41, 5.74) is 1.75. The number of imidazole rings is 1. The summed E-state index contributed by atoms with van der Waals surface area (Å²) in [7, 11) is 4.03. The Morgan fingerprint density at radius 2 is 2.28 bits per heavy atom. The van der Waals surface area contributed by atoms with Crippen molar-refractivity contribution in [3.63, 3.8) is 0 Å². The summed E-state index contributed by atoms with van der Waals surface area (Å²) in [5.74, 6) is 1.07. The Labute approximate surface area is 107 Å². The molecule has 0 saturated heterocycles. The second kappa shape index (κ2) is 5.37. The summed E-state index contributed by atoms with van der Waals surface area (Å²) in [6, 6.07) is 9.80. The SMILES string of the molecule is CN(CCc1nccn1C)c1cccc(C#N)c1. The van der Waals surface area contributed by atoms with Gasteiger partial charge in [0.1, 0.15) is 5.82 Å². The molecule has 0 atom stereocenters. The zero-order chi connectivity index (χ0) is 13.0. The van der Waals surface area contributed by atoms with Gasteiger partial charge in [0.25, 0.3) is 0 Å². The molecule has 0 aliphatic carbocycles. The van der Waals surface area contributed by atoms with Crippen LogP contribution in [0, 0.1) is 11.3 Å². The normalized spacial score (nSPS) is 10.1. The van der Waals surface area contributed by atoms with Gasteiger partial charge in [-0.15, -0.1) is 0 Å². The third-order valence-electron chi connectivity index (χ3n) is 3.01. The van der Waals surface area contributed by atoms with Crippen molar-refractivity contribution in [2.45, 2.75) is 6.42 Å². The predicted molar refractivity (Wildman–Crippen MR) is 71.3 cm³/mol. The second-order valence-electron chi connectivity index (χ2n) is 4.29. The average Bonchev–Trinajstić information content (AvgIpc) is 2.81. The highest BCUT2D eigenvalue weighted by Crippen LogP contribution is 2.14. The number of aromatic nitrogens is 2. The first-order chi connectivity index (χ1) is 8.70. The van der Waals surface area contributed by atoms with Gasteiger partial charge in [0.05, 0.1) is 11.6 Å². The van der Waals surface area contributed by atoms with E-state index in [0.717, 1.165) is 24.5 Å². The number of rotatable bonds is 4. The van der Waals surface area contributed by atoms with Crippen LogP contribution in [0.2, 0.25) is 0 Å². The van der Waals surface area contributed by atoms with Crippen molar-refractivity contribution in [1.82, 2.24) is 9.55 Å². The van der Waals surface area contributed by atoms with Gasteiger partial charge in [0.15, 0.2) is 0 Å². The van der Waals surface area contributed by atoms with E-state index in [2.05, 4.69) is 16.0 Å². The van der Waals surface area contributed by atoms with E-state index in [9.17, 15) is 0 Å². The lowest BCUT2D eigenvalue weighted by Gasteiger charge is -2.19. The number of anilines is 1. The minimum atomic E-state index is 0.691. The van der Waals surface area contributed by atoms with Gasteiger partial charge >= 0.3 is 0 Å². The summed E-state index contributed by atoms with van der Waals surface area (Å²) in [6.45, 7) is 0.875. The smallest absolute Gasteiger partial charge is 0.110 e. The number of likely N-dealkylation sites (N-methyl/N-ethyl adjacent to an activating group) is 1. The summed E-state index contributed by atoms with van der Waals surface area (Å²) < 4.78 is 2.03. The Balaban J connectivity index is 2.01. The summed E-state index contributed by atoms with van der Waals surface area (Å²) >= 11 is 0. The van der Waals surface area contributed by atoms with Gasteiger partial charge in [-0.1, -0.05) is 6.07 Å². The van der Waals surface area contributed by atoms with Crippen LogP contribution in [-0.4, -0.2) is 23.1 Å². The van der Waals surface area contributed by atoms with E-state index in [1.165, 1.54) is 0 Å². The molecule has 0 unspecified atom stereocenters. The van der Waals surface area contributed by atoms with Gasteiger partial charge in [0.2, 0.25) is 0 Å². The highest BCUT2D eigenvalue weighted by Gasteiger charge is 2.04. The highest BCUT2D eigenvalue weighted by molar-refractivity contribution is 5.50. The van der Waals surface area contributed by atoms with E-state index in [4.69, 9.17) is 5.26 Å². The van der Waals surface area contributed by atoms with Crippen molar-refractivity contribution in [1.29, 1.82) is 5.26 Å². The lowest BCUT2D eigenvalue weighted by Crippen LogP contribution is -2.21. The van der Waals surface area contributed by atoms with Crippen LogP contribution in [0.5, 0.6) is 0 Å². The number of hydrogen-bond donors (Lipinski definition) is 0. The third-order valence-corrected chi connectivity index (χ3v) is 3.01. The van der Waals surface area contributed by atoms with Gasteiger partial charge in [-0.25, -0.2) is 4.98 Å². The van der Waals surface area contributed by atoms with Gasteiger partial charge in [0, 0.05) is 45.1 Å². The number of nitrogens with zero attached hydrogens (tertiary/aromatic N) is 4. The maximum atomic E-state index is 8.88. The first kappa shape index (κ1) is 12.2. The molecule has 0 fully saturated rings. The molecule has 4 nitrogen and oxygen atoms in total.